The van der Waals surface area contributed by atoms with Gasteiger partial charge in [-0.3, -0.25) is 28.9 Å². The number of aromatic nitrogens is 3. The Kier molecular flexibility index (Phi) is 3.95. The maximum atomic E-state index is 13.9. The summed E-state index contributed by atoms with van der Waals surface area (Å²) in [7, 11) is 1.75. The number of fused-ring (bicyclic) bond motifs is 1. The summed E-state index contributed by atoms with van der Waals surface area (Å²) < 4.78 is 22.2. The van der Waals surface area contributed by atoms with Crippen molar-refractivity contribution in [2.45, 2.75) is 6.61 Å². The van der Waals surface area contributed by atoms with E-state index in [-0.39, 0.29) is 35.0 Å². The number of aryl methyl sites for hydroxylation is 1. The number of anilines is 1. The van der Waals surface area contributed by atoms with E-state index in [1.54, 1.807) is 24.0 Å². The number of nitrogen functional groups attached to an aromatic ring is 1. The number of nitrogens with zero attached hydrogens (tertiary/aromatic N) is 3. The average Bonchev–Trinajstić information content (AvgIpc) is 3.17. The van der Waals surface area contributed by atoms with E-state index in [0.29, 0.717) is 5.69 Å². The zero-order valence-corrected chi connectivity index (χ0v) is 14.6. The number of rotatable bonds is 4. The minimum Gasteiger partial charge on any atom is -0.485 e. The van der Waals surface area contributed by atoms with Gasteiger partial charge in [0.05, 0.1) is 22.5 Å². The fraction of sp³-hybridized carbons (Fsp3) is 0.111. The summed E-state index contributed by atoms with van der Waals surface area (Å²) in [5.74, 6) is -2.18. The third-order valence-corrected chi connectivity index (χ3v) is 4.26. The molecule has 3 heterocycles. The molecule has 0 radical (unpaired) electrons. The second-order valence-electron chi connectivity index (χ2n) is 6.16. The van der Waals surface area contributed by atoms with E-state index in [2.05, 4.69) is 10.4 Å². The molecule has 0 atom stereocenters. The molecule has 3 aromatic rings. The van der Waals surface area contributed by atoms with Gasteiger partial charge in [0.2, 0.25) is 0 Å². The zero-order chi connectivity index (χ0) is 20.0. The monoisotopic (exact) mass is 383 g/mol. The minimum absolute atomic E-state index is 0.00776. The zero-order valence-electron chi connectivity index (χ0n) is 14.6. The van der Waals surface area contributed by atoms with Gasteiger partial charge in [-0.2, -0.15) is 5.10 Å². The molecule has 0 saturated carbocycles. The van der Waals surface area contributed by atoms with Crippen molar-refractivity contribution in [3.8, 4) is 11.4 Å². The van der Waals surface area contributed by atoms with Crippen molar-refractivity contribution in [1.29, 1.82) is 0 Å². The van der Waals surface area contributed by atoms with Crippen molar-refractivity contribution in [3.63, 3.8) is 0 Å². The van der Waals surface area contributed by atoms with E-state index < -0.39 is 23.2 Å². The van der Waals surface area contributed by atoms with E-state index in [0.717, 1.165) is 16.7 Å². The van der Waals surface area contributed by atoms with Crippen LogP contribution in [0.5, 0.6) is 5.75 Å². The van der Waals surface area contributed by atoms with Crippen molar-refractivity contribution < 1.29 is 18.7 Å². The Bertz CT molecular complexity index is 1200. The maximum absolute atomic E-state index is 13.9. The van der Waals surface area contributed by atoms with E-state index >= 15 is 0 Å². The fourth-order valence-electron chi connectivity index (χ4n) is 3.01. The molecule has 1 aliphatic heterocycles. The molecule has 0 unspecified atom stereocenters. The molecule has 0 aliphatic carbocycles. The fourth-order valence-corrected chi connectivity index (χ4v) is 3.01. The van der Waals surface area contributed by atoms with Crippen LogP contribution < -0.4 is 21.3 Å². The van der Waals surface area contributed by atoms with Crippen LogP contribution in [0.4, 0.5) is 10.2 Å². The van der Waals surface area contributed by atoms with Crippen molar-refractivity contribution >= 4 is 17.6 Å². The van der Waals surface area contributed by atoms with Gasteiger partial charge in [0.25, 0.3) is 17.4 Å². The SMILES string of the molecule is Cn1ccc(COc2ccc(F)cc2-n2c(N)c3c(cc2=O)C(=O)NC3=O)n1. The molecule has 3 N–H and O–H groups in total. The number of ether oxygens (including phenoxy) is 1. The Morgan fingerprint density at radius 2 is 1.96 bits per heavy atom. The normalized spacial score (nSPS) is 12.8. The van der Waals surface area contributed by atoms with Crippen molar-refractivity contribution in [2.24, 2.45) is 7.05 Å². The third kappa shape index (κ3) is 2.80. The molecule has 142 valence electrons. The quantitative estimate of drug-likeness (QED) is 0.642. The first kappa shape index (κ1) is 17.5. The van der Waals surface area contributed by atoms with Crippen molar-refractivity contribution in [2.75, 3.05) is 5.73 Å². The minimum atomic E-state index is -0.724. The Morgan fingerprint density at radius 3 is 2.68 bits per heavy atom. The number of pyridine rings is 1. The first-order valence-corrected chi connectivity index (χ1v) is 8.17. The maximum Gasteiger partial charge on any atom is 0.262 e. The lowest BCUT2D eigenvalue weighted by Gasteiger charge is -2.16. The molecule has 4 rings (SSSR count). The van der Waals surface area contributed by atoms with Crippen LogP contribution >= 0.6 is 0 Å². The van der Waals surface area contributed by atoms with Gasteiger partial charge in [0.15, 0.2) is 0 Å². The highest BCUT2D eigenvalue weighted by Crippen LogP contribution is 2.29. The van der Waals surface area contributed by atoms with Crippen molar-refractivity contribution in [3.05, 3.63) is 69.5 Å². The number of nitrogens with one attached hydrogen (secondary N) is 1. The summed E-state index contributed by atoms with van der Waals surface area (Å²) in [6.45, 7) is 0.0675. The molecule has 0 spiro atoms. The van der Waals surface area contributed by atoms with Crippen LogP contribution in [-0.4, -0.2) is 26.2 Å². The summed E-state index contributed by atoms with van der Waals surface area (Å²) in [6.07, 6.45) is 1.74. The molecular weight excluding hydrogens is 369 g/mol. The van der Waals surface area contributed by atoms with E-state index in [1.807, 2.05) is 0 Å². The predicted octanol–water partition coefficient (Wildman–Crippen LogP) is 0.755. The molecule has 0 fully saturated rings. The Labute approximate surface area is 157 Å². The lowest BCUT2D eigenvalue weighted by molar-refractivity contribution is 0.0880. The van der Waals surface area contributed by atoms with E-state index in [4.69, 9.17) is 10.5 Å². The van der Waals surface area contributed by atoms with Crippen LogP contribution in [0, 0.1) is 5.82 Å². The Hall–Kier alpha value is -3.95. The van der Waals surface area contributed by atoms with Gasteiger partial charge in [0.1, 0.15) is 24.0 Å². The summed E-state index contributed by atoms with van der Waals surface area (Å²) >= 11 is 0. The third-order valence-electron chi connectivity index (χ3n) is 4.26. The van der Waals surface area contributed by atoms with E-state index in [1.165, 1.54) is 12.1 Å². The number of nitrogens with two attached hydrogens (primary N) is 1. The van der Waals surface area contributed by atoms with Gasteiger partial charge in [-0.15, -0.1) is 0 Å². The molecule has 9 nitrogen and oxygen atoms in total. The van der Waals surface area contributed by atoms with Crippen molar-refractivity contribution in [1.82, 2.24) is 19.7 Å². The number of hydrogen-bond donors (Lipinski definition) is 2. The predicted molar refractivity (Wildman–Crippen MR) is 95.7 cm³/mol. The first-order chi connectivity index (χ1) is 13.3. The molecule has 28 heavy (non-hydrogen) atoms. The molecule has 1 aromatic carbocycles. The molecule has 2 aromatic heterocycles. The van der Waals surface area contributed by atoms with E-state index in [9.17, 15) is 18.8 Å². The lowest BCUT2D eigenvalue weighted by Crippen LogP contribution is -2.24. The van der Waals surface area contributed by atoms with Gasteiger partial charge in [-0.1, -0.05) is 0 Å². The Morgan fingerprint density at radius 1 is 1.18 bits per heavy atom. The number of halogens is 1. The lowest BCUT2D eigenvalue weighted by atomic mass is 10.1. The van der Waals surface area contributed by atoms with Gasteiger partial charge < -0.3 is 10.5 Å². The van der Waals surface area contributed by atoms with Crippen LogP contribution in [0.2, 0.25) is 0 Å². The topological polar surface area (TPSA) is 121 Å². The van der Waals surface area contributed by atoms with Gasteiger partial charge in [0, 0.05) is 25.4 Å². The first-order valence-electron chi connectivity index (χ1n) is 8.17. The summed E-state index contributed by atoms with van der Waals surface area (Å²) in [4.78, 5) is 36.4. The smallest absolute Gasteiger partial charge is 0.262 e. The largest absolute Gasteiger partial charge is 0.485 e. The number of imide groups is 1. The number of hydrogen-bond acceptors (Lipinski definition) is 6. The number of carbonyl (C=O) groups excluding carboxylic acids is 2. The summed E-state index contributed by atoms with van der Waals surface area (Å²) in [5, 5.41) is 6.26. The highest BCUT2D eigenvalue weighted by molar-refractivity contribution is 6.23. The van der Waals surface area contributed by atoms with Gasteiger partial charge >= 0.3 is 0 Å². The summed E-state index contributed by atoms with van der Waals surface area (Å²) in [6, 6.07) is 6.31. The molecular formula is C18H14FN5O4. The summed E-state index contributed by atoms with van der Waals surface area (Å²) in [5.41, 5.74) is 5.69. The van der Waals surface area contributed by atoms with Crippen LogP contribution in [-0.2, 0) is 13.7 Å². The van der Waals surface area contributed by atoms with Crippen LogP contribution in [0.1, 0.15) is 26.4 Å². The average molecular weight is 383 g/mol. The highest BCUT2D eigenvalue weighted by atomic mass is 19.1. The molecule has 0 bridgehead atoms. The molecule has 2 amide bonds. The number of carbonyl (C=O) groups is 2. The Balaban J connectivity index is 1.82. The van der Waals surface area contributed by atoms with Gasteiger partial charge in [-0.25, -0.2) is 4.39 Å². The van der Waals surface area contributed by atoms with Crippen LogP contribution in [0.3, 0.4) is 0 Å². The standard InChI is InChI=1S/C18H14FN5O4/c1-23-5-4-10(22-23)8-28-13-3-2-9(19)6-12(13)24-14(25)7-11-15(16(24)20)18(27)21-17(11)26/h2-7H,8,20H2,1H3,(H,21,26,27). The number of benzene rings is 1. The van der Waals surface area contributed by atoms with Gasteiger partial charge in [-0.05, 0) is 18.2 Å². The highest BCUT2D eigenvalue weighted by Gasteiger charge is 2.32. The van der Waals surface area contributed by atoms with Crippen LogP contribution in [0.15, 0.2) is 41.3 Å². The molecule has 10 heteroatoms. The van der Waals surface area contributed by atoms with Crippen LogP contribution in [0.25, 0.3) is 5.69 Å². The molecule has 0 saturated heterocycles. The second-order valence-corrected chi connectivity index (χ2v) is 6.16. The number of amides is 2. The second kappa shape index (κ2) is 6.34. The molecule has 1 aliphatic rings.